The maximum Gasteiger partial charge on any atom is 0.324 e. The lowest BCUT2D eigenvalue weighted by Gasteiger charge is -2.17. The van der Waals surface area contributed by atoms with E-state index in [2.05, 4.69) is 5.10 Å². The molecule has 0 saturated carbocycles. The zero-order valence-corrected chi connectivity index (χ0v) is 13.0. The predicted octanol–water partition coefficient (Wildman–Crippen LogP) is 1.50. The van der Waals surface area contributed by atoms with Crippen LogP contribution in [0.2, 0.25) is 0 Å². The van der Waals surface area contributed by atoms with Crippen LogP contribution in [-0.2, 0) is 19.1 Å². The van der Waals surface area contributed by atoms with E-state index in [1.54, 1.807) is 30.6 Å². The first-order valence-corrected chi connectivity index (χ1v) is 6.80. The predicted molar refractivity (Wildman–Crippen MR) is 80.3 cm³/mol. The fraction of sp³-hybridized carbons (Fsp3) is 0.250. The Bertz CT molecular complexity index is 721. The van der Waals surface area contributed by atoms with Crippen LogP contribution in [0.5, 0.6) is 0 Å². The molecule has 0 unspecified atom stereocenters. The Morgan fingerprint density at radius 2 is 1.78 bits per heavy atom. The van der Waals surface area contributed by atoms with Gasteiger partial charge in [-0.15, -0.1) is 0 Å². The molecular formula is C16H16N2O5. The normalized spacial score (nSPS) is 10.4. The molecule has 7 nitrogen and oxygen atoms in total. The third-order valence-corrected chi connectivity index (χ3v) is 3.37. The Morgan fingerprint density at radius 1 is 1.13 bits per heavy atom. The minimum Gasteiger partial charge on any atom is -0.468 e. The van der Waals surface area contributed by atoms with E-state index in [1.807, 2.05) is 0 Å². The Hall–Kier alpha value is -2.96. The van der Waals surface area contributed by atoms with Gasteiger partial charge in [0, 0.05) is 23.5 Å². The van der Waals surface area contributed by atoms with E-state index in [0.717, 1.165) is 0 Å². The van der Waals surface area contributed by atoms with E-state index >= 15 is 0 Å². The first kappa shape index (κ1) is 16.4. The monoisotopic (exact) mass is 316 g/mol. The summed E-state index contributed by atoms with van der Waals surface area (Å²) in [6.45, 7) is 1.40. The van der Waals surface area contributed by atoms with Gasteiger partial charge < -0.3 is 9.47 Å². The lowest BCUT2D eigenvalue weighted by atomic mass is 9.94. The molecule has 0 N–H and O–H groups in total. The van der Waals surface area contributed by atoms with Crippen LogP contribution in [0.1, 0.15) is 28.8 Å². The molecule has 0 aliphatic rings. The second kappa shape index (κ2) is 6.87. The summed E-state index contributed by atoms with van der Waals surface area (Å²) in [4.78, 5) is 35.8. The number of ether oxygens (including phenoxy) is 2. The van der Waals surface area contributed by atoms with Crippen molar-refractivity contribution in [3.05, 3.63) is 47.8 Å². The average Bonchev–Trinajstić information content (AvgIpc) is 3.08. The molecule has 120 valence electrons. The number of nitrogens with zero attached hydrogens (tertiary/aromatic N) is 2. The molecular weight excluding hydrogens is 300 g/mol. The van der Waals surface area contributed by atoms with Crippen LogP contribution < -0.4 is 0 Å². The Balaban J connectivity index is 2.68. The molecule has 0 aliphatic heterocycles. The van der Waals surface area contributed by atoms with Gasteiger partial charge in [0.2, 0.25) is 0 Å². The number of carbonyl (C=O) groups is 3. The zero-order chi connectivity index (χ0) is 17.0. The number of ketones is 1. The molecule has 2 aromatic rings. The third kappa shape index (κ3) is 3.28. The van der Waals surface area contributed by atoms with E-state index in [9.17, 15) is 14.4 Å². The summed E-state index contributed by atoms with van der Waals surface area (Å²) >= 11 is 0. The van der Waals surface area contributed by atoms with Gasteiger partial charge in [-0.3, -0.25) is 14.4 Å². The first-order chi connectivity index (χ1) is 11.0. The highest BCUT2D eigenvalue weighted by Crippen LogP contribution is 2.27. The minimum atomic E-state index is -1.30. The molecule has 1 heterocycles. The number of benzene rings is 1. The van der Waals surface area contributed by atoms with Gasteiger partial charge in [0.15, 0.2) is 11.7 Å². The van der Waals surface area contributed by atoms with Gasteiger partial charge in [-0.2, -0.15) is 5.10 Å². The van der Waals surface area contributed by atoms with Crippen molar-refractivity contribution in [1.82, 2.24) is 9.78 Å². The second-order valence-electron chi connectivity index (χ2n) is 4.76. The second-order valence-corrected chi connectivity index (χ2v) is 4.76. The van der Waals surface area contributed by atoms with Crippen LogP contribution in [-0.4, -0.2) is 41.7 Å². The summed E-state index contributed by atoms with van der Waals surface area (Å²) in [5.74, 6) is -3.04. The minimum absolute atomic E-state index is 0.188. The summed E-state index contributed by atoms with van der Waals surface area (Å²) in [6, 6.07) is 6.41. The van der Waals surface area contributed by atoms with Crippen molar-refractivity contribution >= 4 is 17.7 Å². The van der Waals surface area contributed by atoms with Crippen molar-refractivity contribution in [2.75, 3.05) is 14.2 Å². The smallest absolute Gasteiger partial charge is 0.324 e. The number of esters is 2. The third-order valence-electron chi connectivity index (χ3n) is 3.37. The highest BCUT2D eigenvalue weighted by atomic mass is 16.5. The topological polar surface area (TPSA) is 87.5 Å². The first-order valence-electron chi connectivity index (χ1n) is 6.80. The van der Waals surface area contributed by atoms with Crippen LogP contribution in [0.15, 0.2) is 36.7 Å². The van der Waals surface area contributed by atoms with Crippen molar-refractivity contribution in [3.63, 3.8) is 0 Å². The van der Waals surface area contributed by atoms with Crippen molar-refractivity contribution in [3.8, 4) is 5.69 Å². The molecule has 0 amide bonds. The van der Waals surface area contributed by atoms with E-state index in [-0.39, 0.29) is 5.78 Å². The SMILES string of the molecule is COC(=O)C(C(=O)OC)c1cc(C(C)=O)ccc1-n1cccn1. The lowest BCUT2D eigenvalue weighted by Crippen LogP contribution is -2.26. The molecule has 23 heavy (non-hydrogen) atoms. The Labute approximate surface area is 132 Å². The van der Waals surface area contributed by atoms with Crippen molar-refractivity contribution < 1.29 is 23.9 Å². The van der Waals surface area contributed by atoms with Gasteiger partial charge in [0.25, 0.3) is 0 Å². The molecule has 1 aromatic carbocycles. The van der Waals surface area contributed by atoms with Gasteiger partial charge >= 0.3 is 11.9 Å². The number of carbonyl (C=O) groups excluding carboxylic acids is 3. The fourth-order valence-electron chi connectivity index (χ4n) is 2.21. The fourth-order valence-corrected chi connectivity index (χ4v) is 2.21. The lowest BCUT2D eigenvalue weighted by molar-refractivity contribution is -0.154. The van der Waals surface area contributed by atoms with Crippen molar-refractivity contribution in [1.29, 1.82) is 0 Å². The summed E-state index contributed by atoms with van der Waals surface area (Å²) in [5, 5.41) is 4.10. The molecule has 0 spiro atoms. The number of methoxy groups -OCH3 is 2. The number of hydrogen-bond donors (Lipinski definition) is 0. The molecule has 1 aromatic heterocycles. The highest BCUT2D eigenvalue weighted by Gasteiger charge is 2.33. The zero-order valence-electron chi connectivity index (χ0n) is 13.0. The van der Waals surface area contributed by atoms with E-state index in [1.165, 1.54) is 31.9 Å². The molecule has 7 heteroatoms. The largest absolute Gasteiger partial charge is 0.468 e. The molecule has 0 aliphatic carbocycles. The van der Waals surface area contributed by atoms with Gasteiger partial charge in [-0.1, -0.05) is 0 Å². The summed E-state index contributed by atoms with van der Waals surface area (Å²) < 4.78 is 10.9. The Morgan fingerprint density at radius 3 is 2.26 bits per heavy atom. The molecule has 0 bridgehead atoms. The number of Topliss-reactive ketones (excluding diaryl/α,β-unsaturated/α-hetero) is 1. The molecule has 0 radical (unpaired) electrons. The van der Waals surface area contributed by atoms with Crippen LogP contribution in [0.3, 0.4) is 0 Å². The summed E-state index contributed by atoms with van der Waals surface area (Å²) in [7, 11) is 2.36. The van der Waals surface area contributed by atoms with Gasteiger partial charge in [0.1, 0.15) is 0 Å². The number of hydrogen-bond acceptors (Lipinski definition) is 6. The molecule has 0 atom stereocenters. The summed E-state index contributed by atoms with van der Waals surface area (Å²) in [5.41, 5.74) is 1.15. The van der Waals surface area contributed by atoms with E-state index < -0.39 is 17.9 Å². The van der Waals surface area contributed by atoms with Crippen molar-refractivity contribution in [2.45, 2.75) is 12.8 Å². The molecule has 2 rings (SSSR count). The maximum atomic E-state index is 12.1. The Kier molecular flexibility index (Phi) is 4.90. The molecule has 0 fully saturated rings. The van der Waals surface area contributed by atoms with Gasteiger partial charge in [-0.25, -0.2) is 4.68 Å². The maximum absolute atomic E-state index is 12.1. The van der Waals surface area contributed by atoms with E-state index in [0.29, 0.717) is 16.8 Å². The van der Waals surface area contributed by atoms with Crippen LogP contribution in [0.25, 0.3) is 5.69 Å². The van der Waals surface area contributed by atoms with Crippen LogP contribution >= 0.6 is 0 Å². The standard InChI is InChI=1S/C16H16N2O5/c1-10(19)11-5-6-13(18-8-4-7-17-18)12(9-11)14(15(20)22-2)16(21)23-3/h4-9,14H,1-3H3. The number of rotatable bonds is 5. The van der Waals surface area contributed by atoms with Crippen LogP contribution in [0, 0.1) is 0 Å². The van der Waals surface area contributed by atoms with Gasteiger partial charge in [-0.05, 0) is 31.2 Å². The highest BCUT2D eigenvalue weighted by molar-refractivity contribution is 6.02. The van der Waals surface area contributed by atoms with Gasteiger partial charge in [0.05, 0.1) is 19.9 Å². The molecule has 0 saturated heterocycles. The van der Waals surface area contributed by atoms with Crippen molar-refractivity contribution in [2.24, 2.45) is 0 Å². The number of aromatic nitrogens is 2. The quantitative estimate of drug-likeness (QED) is 0.472. The van der Waals surface area contributed by atoms with E-state index in [4.69, 9.17) is 9.47 Å². The summed E-state index contributed by atoms with van der Waals surface area (Å²) in [6.07, 6.45) is 3.23. The average molecular weight is 316 g/mol. The van der Waals surface area contributed by atoms with Crippen LogP contribution in [0.4, 0.5) is 0 Å².